The summed E-state index contributed by atoms with van der Waals surface area (Å²) in [5.41, 5.74) is 1.44. The van der Waals surface area contributed by atoms with Gasteiger partial charge in [-0.1, -0.05) is 62.1 Å². The SMILES string of the molecule is CCCC=CC1COC(C2CCC(C3CCC(CCc4ccc(Cl)cc4)CC3)CC2)OC1. The molecule has 3 heteroatoms. The molecule has 0 unspecified atom stereocenters. The van der Waals surface area contributed by atoms with Crippen LogP contribution in [-0.4, -0.2) is 19.5 Å². The van der Waals surface area contributed by atoms with Gasteiger partial charge >= 0.3 is 0 Å². The maximum Gasteiger partial charge on any atom is 0.160 e. The molecule has 0 amide bonds. The van der Waals surface area contributed by atoms with Gasteiger partial charge in [-0.05, 0) is 93.2 Å². The third-order valence-electron chi connectivity index (χ3n) is 8.33. The van der Waals surface area contributed by atoms with Crippen molar-refractivity contribution in [3.05, 3.63) is 47.0 Å². The molecule has 0 N–H and O–H groups in total. The third-order valence-corrected chi connectivity index (χ3v) is 8.58. The van der Waals surface area contributed by atoms with E-state index in [4.69, 9.17) is 21.1 Å². The van der Waals surface area contributed by atoms with E-state index in [0.29, 0.717) is 11.8 Å². The van der Waals surface area contributed by atoms with E-state index in [9.17, 15) is 0 Å². The normalized spacial score (nSPS) is 34.1. The predicted molar refractivity (Wildman–Crippen MR) is 134 cm³/mol. The number of aryl methyl sites for hydroxylation is 1. The first-order valence-electron chi connectivity index (χ1n) is 13.4. The topological polar surface area (TPSA) is 18.5 Å². The molecule has 1 heterocycles. The molecule has 0 bridgehead atoms. The maximum absolute atomic E-state index is 6.14. The molecule has 0 atom stereocenters. The van der Waals surface area contributed by atoms with Gasteiger partial charge in [-0.2, -0.15) is 0 Å². The molecular weight excluding hydrogens is 416 g/mol. The van der Waals surface area contributed by atoms with E-state index in [1.807, 2.05) is 12.1 Å². The number of hydrogen-bond donors (Lipinski definition) is 0. The first kappa shape index (κ1) is 24.3. The van der Waals surface area contributed by atoms with Gasteiger partial charge in [0.25, 0.3) is 0 Å². The van der Waals surface area contributed by atoms with E-state index < -0.39 is 0 Å². The van der Waals surface area contributed by atoms with Crippen LogP contribution in [0.2, 0.25) is 5.02 Å². The zero-order chi connectivity index (χ0) is 22.2. The van der Waals surface area contributed by atoms with Crippen molar-refractivity contribution in [3.63, 3.8) is 0 Å². The van der Waals surface area contributed by atoms with Crippen molar-refractivity contribution in [3.8, 4) is 0 Å². The smallest absolute Gasteiger partial charge is 0.160 e. The lowest BCUT2D eigenvalue weighted by Gasteiger charge is -2.40. The van der Waals surface area contributed by atoms with Crippen LogP contribution in [0.3, 0.4) is 0 Å². The van der Waals surface area contributed by atoms with Gasteiger partial charge in [0.15, 0.2) is 6.29 Å². The van der Waals surface area contributed by atoms with Crippen molar-refractivity contribution in [2.75, 3.05) is 13.2 Å². The monoisotopic (exact) mass is 458 g/mol. The molecule has 1 saturated heterocycles. The molecule has 3 aliphatic rings. The van der Waals surface area contributed by atoms with Crippen LogP contribution in [0.25, 0.3) is 0 Å². The molecule has 2 aliphatic carbocycles. The summed E-state index contributed by atoms with van der Waals surface area (Å²) in [6, 6.07) is 8.43. The van der Waals surface area contributed by atoms with Crippen LogP contribution in [-0.2, 0) is 15.9 Å². The Bertz CT molecular complexity index is 676. The Morgan fingerprint density at radius 1 is 0.844 bits per heavy atom. The van der Waals surface area contributed by atoms with Gasteiger partial charge in [-0.15, -0.1) is 0 Å². The average Bonchev–Trinajstić information content (AvgIpc) is 2.85. The van der Waals surface area contributed by atoms with Crippen molar-refractivity contribution >= 4 is 11.6 Å². The highest BCUT2D eigenvalue weighted by atomic mass is 35.5. The minimum atomic E-state index is 0.0513. The van der Waals surface area contributed by atoms with Gasteiger partial charge in [0.2, 0.25) is 0 Å². The van der Waals surface area contributed by atoms with Crippen molar-refractivity contribution in [2.24, 2.45) is 29.6 Å². The van der Waals surface area contributed by atoms with Crippen LogP contribution < -0.4 is 0 Å². The first-order chi connectivity index (χ1) is 15.7. The number of unbranched alkanes of at least 4 members (excludes halogenated alkanes) is 1. The summed E-state index contributed by atoms with van der Waals surface area (Å²) in [4.78, 5) is 0. The Morgan fingerprint density at radius 3 is 2.06 bits per heavy atom. The van der Waals surface area contributed by atoms with Crippen molar-refractivity contribution in [1.82, 2.24) is 0 Å². The zero-order valence-electron chi connectivity index (χ0n) is 20.0. The van der Waals surface area contributed by atoms with Gasteiger partial charge in [0.05, 0.1) is 13.2 Å². The molecule has 1 aromatic carbocycles. The van der Waals surface area contributed by atoms with E-state index >= 15 is 0 Å². The van der Waals surface area contributed by atoms with E-state index in [1.54, 1.807) is 0 Å². The fraction of sp³-hybridized carbons (Fsp3) is 0.724. The molecule has 32 heavy (non-hydrogen) atoms. The number of rotatable bonds is 8. The summed E-state index contributed by atoms with van der Waals surface area (Å²) in [7, 11) is 0. The lowest BCUT2D eigenvalue weighted by Crippen LogP contribution is -2.38. The molecule has 2 nitrogen and oxygen atoms in total. The maximum atomic E-state index is 6.14. The highest BCUT2D eigenvalue weighted by Gasteiger charge is 2.35. The van der Waals surface area contributed by atoms with E-state index in [2.05, 4.69) is 31.2 Å². The molecule has 2 saturated carbocycles. The third kappa shape index (κ3) is 7.08. The standard InChI is InChI=1S/C29H43ClO2/c1-2-3-4-5-24-20-31-29(32-21-24)27-16-14-26(15-17-27)25-12-8-22(9-13-25)6-7-23-10-18-28(30)19-11-23/h4-5,10-11,18-19,22,24-27,29H,2-3,6-9,12-17,20-21H2,1H3. The van der Waals surface area contributed by atoms with Gasteiger partial charge < -0.3 is 9.47 Å². The molecule has 3 fully saturated rings. The minimum absolute atomic E-state index is 0.0513. The Balaban J connectivity index is 1.12. The predicted octanol–water partition coefficient (Wildman–Crippen LogP) is 8.23. The summed E-state index contributed by atoms with van der Waals surface area (Å²) in [6.45, 7) is 3.90. The van der Waals surface area contributed by atoms with Crippen LogP contribution in [0.4, 0.5) is 0 Å². The van der Waals surface area contributed by atoms with Crippen molar-refractivity contribution in [1.29, 1.82) is 0 Å². The summed E-state index contributed by atoms with van der Waals surface area (Å²) in [5, 5.41) is 0.842. The minimum Gasteiger partial charge on any atom is -0.352 e. The van der Waals surface area contributed by atoms with Crippen LogP contribution in [0.5, 0.6) is 0 Å². The first-order valence-corrected chi connectivity index (χ1v) is 13.7. The van der Waals surface area contributed by atoms with Crippen molar-refractivity contribution in [2.45, 2.75) is 90.3 Å². The van der Waals surface area contributed by atoms with Gasteiger partial charge in [0, 0.05) is 16.9 Å². The van der Waals surface area contributed by atoms with Gasteiger partial charge in [-0.25, -0.2) is 0 Å². The average molecular weight is 459 g/mol. The number of allylic oxidation sites excluding steroid dienone is 1. The van der Waals surface area contributed by atoms with Gasteiger partial charge in [0.1, 0.15) is 0 Å². The fourth-order valence-corrected chi connectivity index (χ4v) is 6.36. The van der Waals surface area contributed by atoms with Crippen LogP contribution >= 0.6 is 11.6 Å². The fourth-order valence-electron chi connectivity index (χ4n) is 6.23. The zero-order valence-corrected chi connectivity index (χ0v) is 20.8. The molecule has 0 spiro atoms. The molecule has 1 aromatic rings. The molecular formula is C29H43ClO2. The second-order valence-electron chi connectivity index (χ2n) is 10.6. The Hall–Kier alpha value is -0.830. The number of ether oxygens (including phenoxy) is 2. The largest absolute Gasteiger partial charge is 0.352 e. The summed E-state index contributed by atoms with van der Waals surface area (Å²) >= 11 is 6.01. The van der Waals surface area contributed by atoms with Crippen LogP contribution in [0, 0.1) is 29.6 Å². The van der Waals surface area contributed by atoms with E-state index in [0.717, 1.165) is 42.4 Å². The van der Waals surface area contributed by atoms with Crippen molar-refractivity contribution < 1.29 is 9.47 Å². The highest BCUT2D eigenvalue weighted by Crippen LogP contribution is 2.43. The molecule has 178 valence electrons. The Morgan fingerprint density at radius 2 is 1.44 bits per heavy atom. The molecule has 0 radical (unpaired) electrons. The quantitative estimate of drug-likeness (QED) is 0.365. The lowest BCUT2D eigenvalue weighted by molar-refractivity contribution is -0.223. The Kier molecular flexibility index (Phi) is 9.55. The number of halogens is 1. The Labute approximate surface area is 201 Å². The summed E-state index contributed by atoms with van der Waals surface area (Å²) in [6.07, 6.45) is 20.7. The van der Waals surface area contributed by atoms with Crippen LogP contribution in [0.1, 0.15) is 83.1 Å². The molecule has 4 rings (SSSR count). The second-order valence-corrected chi connectivity index (χ2v) is 11.1. The van der Waals surface area contributed by atoms with E-state index in [-0.39, 0.29) is 6.29 Å². The second kappa shape index (κ2) is 12.6. The summed E-state index contributed by atoms with van der Waals surface area (Å²) < 4.78 is 12.3. The van der Waals surface area contributed by atoms with E-state index in [1.165, 1.54) is 76.2 Å². The van der Waals surface area contributed by atoms with Gasteiger partial charge in [-0.3, -0.25) is 0 Å². The number of hydrogen-bond acceptors (Lipinski definition) is 2. The number of benzene rings is 1. The molecule has 1 aliphatic heterocycles. The lowest BCUT2D eigenvalue weighted by atomic mass is 9.68. The molecule has 0 aromatic heterocycles. The highest BCUT2D eigenvalue weighted by molar-refractivity contribution is 6.30. The van der Waals surface area contributed by atoms with Crippen LogP contribution in [0.15, 0.2) is 36.4 Å². The summed E-state index contributed by atoms with van der Waals surface area (Å²) in [5.74, 6) is 3.88.